The Morgan fingerprint density at radius 1 is 1.35 bits per heavy atom. The van der Waals surface area contributed by atoms with Crippen molar-refractivity contribution >= 4 is 23.9 Å². The molecule has 1 aromatic rings. The van der Waals surface area contributed by atoms with E-state index in [1.54, 1.807) is 6.21 Å². The molecule has 0 saturated carbocycles. The number of carbonyl (C=O) groups is 1. The van der Waals surface area contributed by atoms with Crippen LogP contribution in [0.4, 0.5) is 4.79 Å². The van der Waals surface area contributed by atoms with Crippen LogP contribution in [0.3, 0.4) is 0 Å². The number of nitrogens with zero attached hydrogens (tertiary/aromatic N) is 2. The van der Waals surface area contributed by atoms with Gasteiger partial charge in [0.25, 0.3) is 0 Å². The molecule has 0 bridgehead atoms. The minimum absolute atomic E-state index is 0.0193. The number of rotatable bonds is 7. The lowest BCUT2D eigenvalue weighted by Crippen LogP contribution is -2.30. The number of amides is 1. The van der Waals surface area contributed by atoms with Crippen LogP contribution in [0, 0.1) is 0 Å². The molecule has 0 N–H and O–H groups in total. The number of halogens is 1. The van der Waals surface area contributed by atoms with Gasteiger partial charge < -0.3 is 4.74 Å². The van der Waals surface area contributed by atoms with Gasteiger partial charge in [-0.3, -0.25) is 0 Å². The summed E-state index contributed by atoms with van der Waals surface area (Å²) in [6.45, 7) is 0.396. The molecular weight excluding hydrogens is 276 g/mol. The summed E-state index contributed by atoms with van der Waals surface area (Å²) in [5.74, 6) is 0.663. The largest absolute Gasteiger partial charge is 0.446 e. The maximum atomic E-state index is 11.7. The van der Waals surface area contributed by atoms with Crippen LogP contribution in [0.1, 0.15) is 24.8 Å². The van der Waals surface area contributed by atoms with Crippen molar-refractivity contribution in [1.82, 2.24) is 5.01 Å². The molecule has 0 aliphatic carbocycles. The Labute approximate surface area is 124 Å². The van der Waals surface area contributed by atoms with E-state index in [4.69, 9.17) is 16.3 Å². The van der Waals surface area contributed by atoms with E-state index in [1.807, 2.05) is 30.3 Å². The van der Waals surface area contributed by atoms with Crippen LogP contribution in [0.5, 0.6) is 0 Å². The second kappa shape index (κ2) is 7.90. The van der Waals surface area contributed by atoms with E-state index in [2.05, 4.69) is 5.10 Å². The molecule has 5 heteroatoms. The number of benzene rings is 1. The van der Waals surface area contributed by atoms with Crippen molar-refractivity contribution in [3.05, 3.63) is 35.9 Å². The van der Waals surface area contributed by atoms with E-state index in [0.717, 1.165) is 25.7 Å². The van der Waals surface area contributed by atoms with Crippen molar-refractivity contribution in [3.63, 3.8) is 0 Å². The number of alkyl halides is 1. The molecule has 0 spiro atoms. The van der Waals surface area contributed by atoms with Crippen LogP contribution in [0.2, 0.25) is 0 Å². The van der Waals surface area contributed by atoms with Gasteiger partial charge in [-0.05, 0) is 31.2 Å². The second-order valence-corrected chi connectivity index (χ2v) is 5.13. The van der Waals surface area contributed by atoms with Gasteiger partial charge in [0.1, 0.15) is 6.61 Å². The molecule has 1 fully saturated rings. The van der Waals surface area contributed by atoms with Gasteiger partial charge in [-0.25, -0.2) is 4.79 Å². The third-order valence-electron chi connectivity index (χ3n) is 3.17. The molecule has 4 nitrogen and oxygen atoms in total. The zero-order valence-corrected chi connectivity index (χ0v) is 12.1. The highest BCUT2D eigenvalue weighted by Gasteiger charge is 2.32. The fraction of sp³-hybridized carbons (Fsp3) is 0.467. The fourth-order valence-electron chi connectivity index (χ4n) is 2.10. The van der Waals surface area contributed by atoms with Gasteiger partial charge in [-0.1, -0.05) is 30.3 Å². The molecule has 20 heavy (non-hydrogen) atoms. The van der Waals surface area contributed by atoms with E-state index < -0.39 is 0 Å². The quantitative estimate of drug-likeness (QED) is 0.439. The molecule has 1 aliphatic heterocycles. The summed E-state index contributed by atoms with van der Waals surface area (Å²) in [6.07, 6.45) is 4.95. The zero-order valence-electron chi connectivity index (χ0n) is 11.4. The molecule has 2 rings (SSSR count). The smallest absolute Gasteiger partial charge is 0.430 e. The van der Waals surface area contributed by atoms with Gasteiger partial charge in [-0.2, -0.15) is 10.1 Å². The van der Waals surface area contributed by atoms with Gasteiger partial charge in [-0.15, -0.1) is 11.6 Å². The SMILES string of the molecule is O=C1OC[C@H](Cc2ccccc2)N1/N=C/CCCCCl. The molecular formula is C15H19ClN2O2. The molecule has 1 atom stereocenters. The van der Waals surface area contributed by atoms with Gasteiger partial charge in [0.2, 0.25) is 0 Å². The van der Waals surface area contributed by atoms with E-state index in [9.17, 15) is 4.79 Å². The molecule has 0 unspecified atom stereocenters. The van der Waals surface area contributed by atoms with Gasteiger partial charge in [0, 0.05) is 12.1 Å². The summed E-state index contributed by atoms with van der Waals surface area (Å²) in [5, 5.41) is 5.70. The minimum atomic E-state index is -0.362. The molecule has 108 valence electrons. The van der Waals surface area contributed by atoms with Crippen LogP contribution >= 0.6 is 11.6 Å². The third-order valence-corrected chi connectivity index (χ3v) is 3.44. The number of hydrogen-bond donors (Lipinski definition) is 0. The molecule has 0 aromatic heterocycles. The maximum absolute atomic E-state index is 11.7. The zero-order chi connectivity index (χ0) is 14.2. The number of cyclic esters (lactones) is 1. The van der Waals surface area contributed by atoms with E-state index in [0.29, 0.717) is 12.5 Å². The van der Waals surface area contributed by atoms with E-state index in [1.165, 1.54) is 10.6 Å². The average molecular weight is 295 g/mol. The topological polar surface area (TPSA) is 41.9 Å². The summed E-state index contributed by atoms with van der Waals surface area (Å²) in [5.41, 5.74) is 1.18. The summed E-state index contributed by atoms with van der Waals surface area (Å²) in [7, 11) is 0. The van der Waals surface area contributed by atoms with Crippen LogP contribution < -0.4 is 0 Å². The summed E-state index contributed by atoms with van der Waals surface area (Å²) >= 11 is 5.62. The van der Waals surface area contributed by atoms with Crippen molar-refractivity contribution in [1.29, 1.82) is 0 Å². The highest BCUT2D eigenvalue weighted by molar-refractivity contribution is 6.17. The predicted molar refractivity (Wildman–Crippen MR) is 80.2 cm³/mol. The lowest BCUT2D eigenvalue weighted by molar-refractivity contribution is 0.159. The summed E-state index contributed by atoms with van der Waals surface area (Å²) in [6, 6.07) is 10.0. The first kappa shape index (κ1) is 14.9. The monoisotopic (exact) mass is 294 g/mol. The number of unbranched alkanes of at least 4 members (excludes halogenated alkanes) is 2. The Balaban J connectivity index is 1.89. The second-order valence-electron chi connectivity index (χ2n) is 4.75. The summed E-state index contributed by atoms with van der Waals surface area (Å²) < 4.78 is 5.08. The van der Waals surface area contributed by atoms with Gasteiger partial charge >= 0.3 is 6.09 Å². The van der Waals surface area contributed by atoms with Crippen LogP contribution in [-0.4, -0.2) is 35.8 Å². The normalized spacial score (nSPS) is 18.8. The summed E-state index contributed by atoms with van der Waals surface area (Å²) in [4.78, 5) is 11.7. The number of hydrogen-bond acceptors (Lipinski definition) is 3. The first-order chi connectivity index (χ1) is 9.81. The van der Waals surface area contributed by atoms with Crippen molar-refractivity contribution in [2.45, 2.75) is 31.7 Å². The highest BCUT2D eigenvalue weighted by atomic mass is 35.5. The first-order valence-corrected chi connectivity index (χ1v) is 7.43. The lowest BCUT2D eigenvalue weighted by atomic mass is 10.1. The Hall–Kier alpha value is -1.55. The third kappa shape index (κ3) is 4.23. The van der Waals surface area contributed by atoms with E-state index >= 15 is 0 Å². The van der Waals surface area contributed by atoms with Crippen molar-refractivity contribution in [2.75, 3.05) is 12.5 Å². The number of hydrazone groups is 1. The molecule has 1 amide bonds. The molecule has 1 heterocycles. The van der Waals surface area contributed by atoms with Crippen molar-refractivity contribution in [3.8, 4) is 0 Å². The molecule has 1 saturated heterocycles. The lowest BCUT2D eigenvalue weighted by Gasteiger charge is -2.15. The Morgan fingerprint density at radius 3 is 2.90 bits per heavy atom. The highest BCUT2D eigenvalue weighted by Crippen LogP contribution is 2.17. The number of carbonyl (C=O) groups excluding carboxylic acids is 1. The van der Waals surface area contributed by atoms with Crippen LogP contribution in [0.25, 0.3) is 0 Å². The molecule has 1 aromatic carbocycles. The Morgan fingerprint density at radius 2 is 2.15 bits per heavy atom. The van der Waals surface area contributed by atoms with Crippen molar-refractivity contribution < 1.29 is 9.53 Å². The van der Waals surface area contributed by atoms with Crippen molar-refractivity contribution in [2.24, 2.45) is 5.10 Å². The average Bonchev–Trinajstić information content (AvgIpc) is 2.81. The predicted octanol–water partition coefficient (Wildman–Crippen LogP) is 3.44. The Kier molecular flexibility index (Phi) is 5.87. The standard InChI is InChI=1S/C15H19ClN2O2/c16-9-5-2-6-10-17-18-14(12-20-15(18)19)11-13-7-3-1-4-8-13/h1,3-4,7-8,10,14H,2,5-6,9,11-12H2/b17-10+/t14-/m0/s1. The first-order valence-electron chi connectivity index (χ1n) is 6.89. The Bertz CT molecular complexity index is 450. The van der Waals surface area contributed by atoms with E-state index in [-0.39, 0.29) is 12.1 Å². The van der Waals surface area contributed by atoms with Gasteiger partial charge in [0.15, 0.2) is 0 Å². The molecule has 0 radical (unpaired) electrons. The van der Waals surface area contributed by atoms with Crippen LogP contribution in [0.15, 0.2) is 35.4 Å². The fourth-order valence-corrected chi connectivity index (χ4v) is 2.29. The maximum Gasteiger partial charge on any atom is 0.430 e. The van der Waals surface area contributed by atoms with Crippen LogP contribution in [-0.2, 0) is 11.2 Å². The number of ether oxygens (including phenoxy) is 1. The minimum Gasteiger partial charge on any atom is -0.446 e. The van der Waals surface area contributed by atoms with Gasteiger partial charge in [0.05, 0.1) is 6.04 Å². The molecule has 1 aliphatic rings.